The van der Waals surface area contributed by atoms with Gasteiger partial charge in [-0.3, -0.25) is 14.4 Å². The van der Waals surface area contributed by atoms with Crippen molar-refractivity contribution in [2.45, 2.75) is 106 Å². The first kappa shape index (κ1) is 45.3. The van der Waals surface area contributed by atoms with Crippen LogP contribution in [0.4, 0.5) is 48.3 Å². The van der Waals surface area contributed by atoms with Gasteiger partial charge in [-0.2, -0.15) is 35.1 Å². The zero-order chi connectivity index (χ0) is 38.9. The Balaban J connectivity index is 0.000000711. The van der Waals surface area contributed by atoms with Crippen LogP contribution in [0.2, 0.25) is 0 Å². The molecule has 1 fully saturated rings. The van der Waals surface area contributed by atoms with E-state index in [9.17, 15) is 67.5 Å². The molecule has 1 aliphatic heterocycles. The molecule has 1 aromatic rings. The highest BCUT2D eigenvalue weighted by molar-refractivity contribution is 5.82. The van der Waals surface area contributed by atoms with E-state index in [1.807, 2.05) is 6.92 Å². The van der Waals surface area contributed by atoms with Crippen LogP contribution in [0, 0.1) is 45.8 Å². The molecule has 19 heteroatoms. The number of hydrogen-bond acceptors (Lipinski definition) is 8. The van der Waals surface area contributed by atoms with E-state index >= 15 is 0 Å². The van der Waals surface area contributed by atoms with Gasteiger partial charge in [0, 0.05) is 6.42 Å². The van der Waals surface area contributed by atoms with E-state index in [0.29, 0.717) is 25.9 Å². The topological polar surface area (TPSA) is 105 Å². The second-order valence-electron chi connectivity index (χ2n) is 11.8. The van der Waals surface area contributed by atoms with Crippen LogP contribution in [-0.2, 0) is 33.4 Å². The lowest BCUT2D eigenvalue weighted by Gasteiger charge is -2.27. The molecule has 0 aromatic heterocycles. The van der Waals surface area contributed by atoms with Gasteiger partial charge in [-0.15, -0.1) is 0 Å². The largest absolute Gasteiger partial charge is 0.463 e. The maximum atomic E-state index is 13.1. The van der Waals surface area contributed by atoms with Crippen molar-refractivity contribution in [2.24, 2.45) is 16.7 Å². The first-order chi connectivity index (χ1) is 22.1. The Labute approximate surface area is 274 Å². The van der Waals surface area contributed by atoms with Crippen LogP contribution in [0.25, 0.3) is 0 Å². The standard InChI is InChI=1S/C11H9F5O2.C10H16O4.C9H12F6O2/c1-3-4(2)11(17)18-10-8(15)6(13)5(12)7(14)9(10)16;1-4-10(2,3)9(12)14-7-5-6-13-8(7)11;1-4-7(2,3)6(16)17-5(8(10,11)12)9(13,14)15/h4H,3H2,1-2H3;7H,4-6H2,1-3H3;5H,4H2,1-3H3. The van der Waals surface area contributed by atoms with Gasteiger partial charge in [-0.1, -0.05) is 27.7 Å². The molecular formula is C30H37F11O8. The smallest absolute Gasteiger partial charge is 0.434 e. The number of cyclic esters (lactones) is 1. The normalized spacial score (nSPS) is 15.7. The molecule has 2 unspecified atom stereocenters. The lowest BCUT2D eigenvalue weighted by molar-refractivity contribution is -0.315. The van der Waals surface area contributed by atoms with E-state index in [-0.39, 0.29) is 12.4 Å². The first-order valence-corrected chi connectivity index (χ1v) is 14.6. The quantitative estimate of drug-likeness (QED) is 0.0627. The van der Waals surface area contributed by atoms with Gasteiger partial charge in [0.1, 0.15) is 0 Å². The molecule has 0 saturated carbocycles. The van der Waals surface area contributed by atoms with E-state index in [1.54, 1.807) is 20.8 Å². The molecule has 0 amide bonds. The van der Waals surface area contributed by atoms with Crippen molar-refractivity contribution < 1.29 is 86.4 Å². The summed E-state index contributed by atoms with van der Waals surface area (Å²) in [7, 11) is 0. The predicted molar refractivity (Wildman–Crippen MR) is 147 cm³/mol. The Kier molecular flexibility index (Phi) is 16.5. The van der Waals surface area contributed by atoms with Crippen molar-refractivity contribution >= 4 is 23.9 Å². The Morgan fingerprint density at radius 2 is 1.16 bits per heavy atom. The summed E-state index contributed by atoms with van der Waals surface area (Å²) in [6.07, 6.45) is -14.6. The second-order valence-corrected chi connectivity index (χ2v) is 11.8. The number of carbonyl (C=O) groups excluding carboxylic acids is 4. The summed E-state index contributed by atoms with van der Waals surface area (Å²) in [6.45, 7) is 12.7. The van der Waals surface area contributed by atoms with Crippen molar-refractivity contribution in [1.29, 1.82) is 0 Å². The molecule has 1 aromatic carbocycles. The van der Waals surface area contributed by atoms with Gasteiger partial charge in [0.15, 0.2) is 0 Å². The molecule has 2 atom stereocenters. The number of rotatable bonds is 9. The highest BCUT2D eigenvalue weighted by atomic mass is 19.4. The summed E-state index contributed by atoms with van der Waals surface area (Å²) >= 11 is 0. The Morgan fingerprint density at radius 1 is 0.755 bits per heavy atom. The minimum Gasteiger partial charge on any atom is -0.463 e. The van der Waals surface area contributed by atoms with Crippen LogP contribution in [0.1, 0.15) is 81.1 Å². The van der Waals surface area contributed by atoms with Gasteiger partial charge < -0.3 is 18.9 Å². The summed E-state index contributed by atoms with van der Waals surface area (Å²) in [4.78, 5) is 45.0. The summed E-state index contributed by atoms with van der Waals surface area (Å²) in [5.74, 6) is -16.6. The molecular weight excluding hydrogens is 697 g/mol. The summed E-state index contributed by atoms with van der Waals surface area (Å²) in [5, 5.41) is 0. The van der Waals surface area contributed by atoms with E-state index < -0.39 is 94.1 Å². The van der Waals surface area contributed by atoms with Crippen LogP contribution in [0.5, 0.6) is 5.75 Å². The molecule has 8 nitrogen and oxygen atoms in total. The number of halogens is 11. The number of benzene rings is 1. The monoisotopic (exact) mass is 734 g/mol. The average Bonchev–Trinajstić information content (AvgIpc) is 3.42. The highest BCUT2D eigenvalue weighted by Crippen LogP contribution is 2.37. The molecule has 1 heterocycles. The minimum absolute atomic E-state index is 0.0638. The molecule has 49 heavy (non-hydrogen) atoms. The van der Waals surface area contributed by atoms with Crippen LogP contribution < -0.4 is 4.74 Å². The lowest BCUT2D eigenvalue weighted by atomic mass is 9.90. The van der Waals surface area contributed by atoms with Crippen LogP contribution in [0.3, 0.4) is 0 Å². The van der Waals surface area contributed by atoms with Gasteiger partial charge >= 0.3 is 36.2 Å². The number of esters is 4. The molecule has 282 valence electrons. The third kappa shape index (κ3) is 12.9. The third-order valence-electron chi connectivity index (χ3n) is 7.22. The molecule has 0 radical (unpaired) electrons. The lowest BCUT2D eigenvalue weighted by Crippen LogP contribution is -2.47. The van der Waals surface area contributed by atoms with Crippen molar-refractivity contribution in [3.8, 4) is 5.75 Å². The van der Waals surface area contributed by atoms with Gasteiger partial charge in [-0.25, -0.2) is 18.0 Å². The maximum absolute atomic E-state index is 13.1. The molecule has 1 saturated heterocycles. The molecule has 0 spiro atoms. The molecule has 0 bridgehead atoms. The van der Waals surface area contributed by atoms with E-state index in [4.69, 9.17) is 9.47 Å². The van der Waals surface area contributed by atoms with Gasteiger partial charge in [0.25, 0.3) is 6.10 Å². The van der Waals surface area contributed by atoms with Crippen molar-refractivity contribution in [3.63, 3.8) is 0 Å². The third-order valence-corrected chi connectivity index (χ3v) is 7.22. The molecule has 1 aliphatic rings. The second kappa shape index (κ2) is 17.8. The fraction of sp³-hybridized carbons (Fsp3) is 0.667. The maximum Gasteiger partial charge on any atom is 0.434 e. The van der Waals surface area contributed by atoms with Crippen LogP contribution >= 0.6 is 0 Å². The predicted octanol–water partition coefficient (Wildman–Crippen LogP) is 8.07. The summed E-state index contributed by atoms with van der Waals surface area (Å²) < 4.78 is 154. The summed E-state index contributed by atoms with van der Waals surface area (Å²) in [6, 6.07) is 0. The Hall–Kier alpha value is -3.67. The van der Waals surface area contributed by atoms with Gasteiger partial charge in [0.05, 0.1) is 23.4 Å². The highest BCUT2D eigenvalue weighted by Gasteiger charge is 2.60. The fourth-order valence-corrected chi connectivity index (χ4v) is 2.79. The Bertz CT molecular complexity index is 1280. The van der Waals surface area contributed by atoms with Crippen molar-refractivity contribution in [1.82, 2.24) is 0 Å². The molecule has 2 rings (SSSR count). The number of carbonyl (C=O) groups is 4. The zero-order valence-electron chi connectivity index (χ0n) is 27.7. The van der Waals surface area contributed by atoms with Crippen molar-refractivity contribution in [2.75, 3.05) is 6.61 Å². The van der Waals surface area contributed by atoms with E-state index in [1.165, 1.54) is 27.7 Å². The first-order valence-electron chi connectivity index (χ1n) is 14.6. The SMILES string of the molecule is CCC(C)(C)C(=O)OC(C(F)(F)F)C(F)(F)F.CCC(C)(C)C(=O)OC1CCOC1=O.CCC(C)C(=O)Oc1c(F)c(F)c(F)c(F)c1F. The van der Waals surface area contributed by atoms with Crippen LogP contribution in [0.15, 0.2) is 0 Å². The van der Waals surface area contributed by atoms with E-state index in [2.05, 4.69) is 9.47 Å². The number of ether oxygens (including phenoxy) is 4. The number of hydrogen-bond donors (Lipinski definition) is 0. The van der Waals surface area contributed by atoms with Gasteiger partial charge in [-0.05, 0) is 47.0 Å². The van der Waals surface area contributed by atoms with Crippen LogP contribution in [-0.4, -0.2) is 55.0 Å². The average molecular weight is 735 g/mol. The zero-order valence-corrected chi connectivity index (χ0v) is 27.7. The van der Waals surface area contributed by atoms with Gasteiger partial charge in [0.2, 0.25) is 40.9 Å². The minimum atomic E-state index is -5.67. The fourth-order valence-electron chi connectivity index (χ4n) is 2.79. The van der Waals surface area contributed by atoms with Crippen molar-refractivity contribution in [3.05, 3.63) is 29.1 Å². The molecule has 0 N–H and O–H groups in total. The summed E-state index contributed by atoms with van der Waals surface area (Å²) in [5.41, 5.74) is -1.92. The molecule has 0 aliphatic carbocycles. The Morgan fingerprint density at radius 3 is 1.51 bits per heavy atom. The van der Waals surface area contributed by atoms with E-state index in [0.717, 1.165) is 0 Å². The number of alkyl halides is 6.